The first-order valence-corrected chi connectivity index (χ1v) is 9.79. The Kier molecular flexibility index (Phi) is 5.38. The molecule has 1 N–H and O–H groups in total. The van der Waals surface area contributed by atoms with Gasteiger partial charge in [-0.3, -0.25) is 0 Å². The number of aromatic nitrogens is 2. The fourth-order valence-corrected chi connectivity index (χ4v) is 3.50. The van der Waals surface area contributed by atoms with E-state index in [1.165, 1.54) is 12.1 Å². The molecule has 2 amide bonds. The summed E-state index contributed by atoms with van der Waals surface area (Å²) < 4.78 is 20.2. The van der Waals surface area contributed by atoms with Crippen molar-refractivity contribution in [3.05, 3.63) is 64.7 Å². The van der Waals surface area contributed by atoms with Crippen LogP contribution in [0.1, 0.15) is 24.7 Å². The molecule has 144 valence electrons. The van der Waals surface area contributed by atoms with Crippen LogP contribution in [-0.4, -0.2) is 34.2 Å². The van der Waals surface area contributed by atoms with E-state index in [-0.39, 0.29) is 17.6 Å². The zero-order valence-electron chi connectivity index (χ0n) is 14.9. The highest BCUT2D eigenvalue weighted by Crippen LogP contribution is 2.28. The van der Waals surface area contributed by atoms with Crippen molar-refractivity contribution < 1.29 is 13.7 Å². The van der Waals surface area contributed by atoms with Gasteiger partial charge < -0.3 is 14.7 Å². The first kappa shape index (κ1) is 18.6. The molecule has 1 atom stereocenters. The van der Waals surface area contributed by atoms with E-state index in [4.69, 9.17) is 4.52 Å². The average molecular weight is 445 g/mol. The van der Waals surface area contributed by atoms with Crippen LogP contribution in [0.15, 0.2) is 57.5 Å². The minimum Gasteiger partial charge on any atom is -0.339 e. The van der Waals surface area contributed by atoms with Gasteiger partial charge in [-0.2, -0.15) is 4.98 Å². The lowest BCUT2D eigenvalue weighted by molar-refractivity contribution is 0.184. The van der Waals surface area contributed by atoms with Gasteiger partial charge in [0.1, 0.15) is 5.82 Å². The summed E-state index contributed by atoms with van der Waals surface area (Å²) in [5, 5.41) is 6.70. The van der Waals surface area contributed by atoms with Crippen LogP contribution in [0.5, 0.6) is 0 Å². The number of carbonyl (C=O) groups excluding carboxylic acids is 1. The predicted octanol–water partition coefficient (Wildman–Crippen LogP) is 5.05. The number of hydrogen-bond donors (Lipinski definition) is 1. The van der Waals surface area contributed by atoms with E-state index < -0.39 is 5.82 Å². The lowest BCUT2D eigenvalue weighted by atomic mass is 9.98. The Morgan fingerprint density at radius 1 is 1.21 bits per heavy atom. The summed E-state index contributed by atoms with van der Waals surface area (Å²) in [6, 6.07) is 13.4. The van der Waals surface area contributed by atoms with Crippen molar-refractivity contribution in [1.82, 2.24) is 15.0 Å². The number of rotatable bonds is 3. The number of nitrogens with zero attached hydrogens (tertiary/aromatic N) is 3. The Bertz CT molecular complexity index is 976. The predicted molar refractivity (Wildman–Crippen MR) is 106 cm³/mol. The molecule has 0 aliphatic carbocycles. The number of anilines is 1. The van der Waals surface area contributed by atoms with Gasteiger partial charge in [-0.15, -0.1) is 0 Å². The van der Waals surface area contributed by atoms with Gasteiger partial charge in [0, 0.05) is 23.1 Å². The maximum absolute atomic E-state index is 13.8. The number of para-hydroxylation sites is 1. The third-order valence-corrected chi connectivity index (χ3v) is 5.25. The molecular formula is C20H18BrFN4O2. The van der Waals surface area contributed by atoms with E-state index in [0.29, 0.717) is 24.8 Å². The van der Waals surface area contributed by atoms with Crippen LogP contribution in [0.3, 0.4) is 0 Å². The highest BCUT2D eigenvalue weighted by atomic mass is 79.9. The standard InChI is InChI=1S/C20H18BrFN4O2/c21-15-9-7-13(8-10-15)18-24-19(28-25-18)14-4-3-11-26(12-14)20(27)23-17-6-2-1-5-16(17)22/h1-2,5-10,14H,3-4,11-12H2,(H,23,27). The summed E-state index contributed by atoms with van der Waals surface area (Å²) >= 11 is 3.40. The van der Waals surface area contributed by atoms with Crippen molar-refractivity contribution >= 4 is 27.6 Å². The molecule has 2 aromatic carbocycles. The number of likely N-dealkylation sites (tertiary alicyclic amines) is 1. The van der Waals surface area contributed by atoms with Gasteiger partial charge in [0.05, 0.1) is 11.6 Å². The summed E-state index contributed by atoms with van der Waals surface area (Å²) in [7, 11) is 0. The number of carbonyl (C=O) groups is 1. The lowest BCUT2D eigenvalue weighted by Crippen LogP contribution is -2.41. The summed E-state index contributed by atoms with van der Waals surface area (Å²) in [5.41, 5.74) is 1.04. The maximum Gasteiger partial charge on any atom is 0.321 e. The summed E-state index contributed by atoms with van der Waals surface area (Å²) in [4.78, 5) is 18.7. The smallest absolute Gasteiger partial charge is 0.321 e. The number of hydrogen-bond acceptors (Lipinski definition) is 4. The minimum absolute atomic E-state index is 0.0446. The number of nitrogens with one attached hydrogen (secondary N) is 1. The molecular weight excluding hydrogens is 427 g/mol. The van der Waals surface area contributed by atoms with Crippen LogP contribution in [-0.2, 0) is 0 Å². The monoisotopic (exact) mass is 444 g/mol. The van der Waals surface area contributed by atoms with Crippen LogP contribution in [0, 0.1) is 5.82 Å². The van der Waals surface area contributed by atoms with Gasteiger partial charge in [-0.25, -0.2) is 9.18 Å². The maximum atomic E-state index is 13.8. The van der Waals surface area contributed by atoms with E-state index in [9.17, 15) is 9.18 Å². The molecule has 0 spiro atoms. The van der Waals surface area contributed by atoms with Gasteiger partial charge >= 0.3 is 6.03 Å². The Labute approximate surface area is 169 Å². The molecule has 4 rings (SSSR count). The summed E-state index contributed by atoms with van der Waals surface area (Å²) in [5.74, 6) is 0.536. The van der Waals surface area contributed by atoms with Crippen LogP contribution in [0.2, 0.25) is 0 Å². The molecule has 1 saturated heterocycles. The summed E-state index contributed by atoms with van der Waals surface area (Å²) in [6.45, 7) is 1.05. The van der Waals surface area contributed by atoms with Gasteiger partial charge in [0.2, 0.25) is 11.7 Å². The number of piperidine rings is 1. The second-order valence-corrected chi connectivity index (χ2v) is 7.57. The van der Waals surface area contributed by atoms with Crippen LogP contribution < -0.4 is 5.32 Å². The van der Waals surface area contributed by atoms with E-state index in [1.54, 1.807) is 17.0 Å². The van der Waals surface area contributed by atoms with E-state index in [2.05, 4.69) is 31.4 Å². The largest absolute Gasteiger partial charge is 0.339 e. The fourth-order valence-electron chi connectivity index (χ4n) is 3.24. The van der Waals surface area contributed by atoms with Crippen molar-refractivity contribution in [2.75, 3.05) is 18.4 Å². The van der Waals surface area contributed by atoms with Gasteiger partial charge in [0.15, 0.2) is 0 Å². The molecule has 1 unspecified atom stereocenters. The van der Waals surface area contributed by atoms with Gasteiger partial charge in [-0.1, -0.05) is 33.2 Å². The van der Waals surface area contributed by atoms with E-state index >= 15 is 0 Å². The van der Waals surface area contributed by atoms with Crippen LogP contribution in [0.25, 0.3) is 11.4 Å². The molecule has 3 aromatic rings. The number of benzene rings is 2. The number of halogens is 2. The third kappa shape index (κ3) is 4.06. The second kappa shape index (κ2) is 8.10. The Hall–Kier alpha value is -2.74. The van der Waals surface area contributed by atoms with Crippen LogP contribution >= 0.6 is 15.9 Å². The van der Waals surface area contributed by atoms with Gasteiger partial charge in [-0.05, 0) is 49.2 Å². The molecule has 1 aromatic heterocycles. The molecule has 1 aliphatic rings. The zero-order valence-corrected chi connectivity index (χ0v) is 16.5. The van der Waals surface area contributed by atoms with E-state index in [0.717, 1.165) is 22.9 Å². The first-order chi connectivity index (χ1) is 13.6. The molecule has 8 heteroatoms. The van der Waals surface area contributed by atoms with Crippen LogP contribution in [0.4, 0.5) is 14.9 Å². The van der Waals surface area contributed by atoms with Gasteiger partial charge in [0.25, 0.3) is 0 Å². The molecule has 1 aliphatic heterocycles. The first-order valence-electron chi connectivity index (χ1n) is 9.00. The Morgan fingerprint density at radius 2 is 2.00 bits per heavy atom. The quantitative estimate of drug-likeness (QED) is 0.613. The van der Waals surface area contributed by atoms with Crippen molar-refractivity contribution in [1.29, 1.82) is 0 Å². The fraction of sp³-hybridized carbons (Fsp3) is 0.250. The zero-order chi connectivity index (χ0) is 19.5. The SMILES string of the molecule is O=C(Nc1ccccc1F)N1CCCC(c2nc(-c3ccc(Br)cc3)no2)C1. The number of amides is 2. The topological polar surface area (TPSA) is 71.3 Å². The minimum atomic E-state index is -0.458. The van der Waals surface area contributed by atoms with Crippen molar-refractivity contribution in [2.24, 2.45) is 0 Å². The molecule has 6 nitrogen and oxygen atoms in total. The molecule has 0 bridgehead atoms. The highest BCUT2D eigenvalue weighted by molar-refractivity contribution is 9.10. The highest BCUT2D eigenvalue weighted by Gasteiger charge is 2.29. The molecule has 2 heterocycles. The normalized spacial score (nSPS) is 16.8. The average Bonchev–Trinajstić information content (AvgIpc) is 3.21. The Balaban J connectivity index is 1.44. The summed E-state index contributed by atoms with van der Waals surface area (Å²) in [6.07, 6.45) is 1.66. The van der Waals surface area contributed by atoms with E-state index in [1.807, 2.05) is 24.3 Å². The molecule has 0 radical (unpaired) electrons. The third-order valence-electron chi connectivity index (χ3n) is 4.72. The van der Waals surface area contributed by atoms with Crippen molar-refractivity contribution in [2.45, 2.75) is 18.8 Å². The lowest BCUT2D eigenvalue weighted by Gasteiger charge is -2.31. The van der Waals surface area contributed by atoms with Crippen molar-refractivity contribution in [3.8, 4) is 11.4 Å². The Morgan fingerprint density at radius 3 is 2.79 bits per heavy atom. The van der Waals surface area contributed by atoms with Crippen molar-refractivity contribution in [3.63, 3.8) is 0 Å². The molecule has 1 fully saturated rings. The molecule has 0 saturated carbocycles. The number of urea groups is 1. The second-order valence-electron chi connectivity index (χ2n) is 6.66. The molecule has 28 heavy (non-hydrogen) atoms.